The molecule has 49 heavy (non-hydrogen) atoms. The lowest BCUT2D eigenvalue weighted by Crippen LogP contribution is -2.52. The van der Waals surface area contributed by atoms with Crippen molar-refractivity contribution >= 4 is 48.2 Å². The Balaban J connectivity index is 1.61. The molecule has 0 unspecified atom stereocenters. The van der Waals surface area contributed by atoms with Gasteiger partial charge in [0.25, 0.3) is 5.91 Å². The molecule has 1 aromatic carbocycles. The quantitative estimate of drug-likeness (QED) is 0.120. The Morgan fingerprint density at radius 1 is 0.755 bits per heavy atom. The van der Waals surface area contributed by atoms with Crippen molar-refractivity contribution in [2.75, 3.05) is 90.4 Å². The van der Waals surface area contributed by atoms with E-state index in [1.54, 1.807) is 21.9 Å². The first kappa shape index (κ1) is 39.5. The van der Waals surface area contributed by atoms with Crippen LogP contribution in [0.5, 0.6) is 0 Å². The van der Waals surface area contributed by atoms with Crippen LogP contribution in [0.1, 0.15) is 37.0 Å². The van der Waals surface area contributed by atoms with E-state index in [-0.39, 0.29) is 43.4 Å². The maximum absolute atomic E-state index is 13.1. The molecule has 0 radical (unpaired) electrons. The van der Waals surface area contributed by atoms with E-state index >= 15 is 0 Å². The predicted molar refractivity (Wildman–Crippen MR) is 179 cm³/mol. The minimum atomic E-state index is -1.66. The molecule has 0 saturated carbocycles. The molecule has 0 aliphatic carbocycles. The van der Waals surface area contributed by atoms with Crippen molar-refractivity contribution in [1.82, 2.24) is 29.8 Å². The number of likely N-dealkylation sites (tertiary alicyclic amines) is 1. The predicted octanol–water partition coefficient (Wildman–Crippen LogP) is -2.27. The number of Topliss-reactive ketones (excluding diaryl/α,β-unsaturated/α-hetero) is 1. The number of carboxylic acid groups (broad SMARTS) is 2. The molecule has 3 amide bonds. The zero-order valence-corrected chi connectivity index (χ0v) is 28.1. The molecule has 2 atom stereocenters. The fraction of sp³-hybridized carbons (Fsp3) is 0.613. The smallest absolute Gasteiger partial charge is 0.475 e. The fourth-order valence-corrected chi connectivity index (χ4v) is 5.98. The van der Waals surface area contributed by atoms with E-state index < -0.39 is 42.9 Å². The third kappa shape index (κ3) is 13.5. The summed E-state index contributed by atoms with van der Waals surface area (Å²) in [6, 6.07) is 5.23. The van der Waals surface area contributed by atoms with Crippen LogP contribution in [0.25, 0.3) is 0 Å². The Kier molecular flexibility index (Phi) is 15.6. The minimum Gasteiger partial charge on any atom is -0.480 e. The Hall–Kier alpha value is -3.94. The Morgan fingerprint density at radius 3 is 1.67 bits per heavy atom. The minimum absolute atomic E-state index is 0.0259. The van der Waals surface area contributed by atoms with Crippen LogP contribution in [-0.2, 0) is 24.0 Å². The summed E-state index contributed by atoms with van der Waals surface area (Å²) in [5.74, 6) is -4.04. The molecule has 2 aliphatic heterocycles. The molecule has 2 saturated heterocycles. The van der Waals surface area contributed by atoms with Crippen molar-refractivity contribution in [3.63, 3.8) is 0 Å². The number of anilines is 1. The SMILES string of the molecule is CC(=O)CN1CCN(CC(=O)O)CCN(CC(=O)O)CCN(CC(=O)Nc2ccc(C(=O)N[C@H](C)C(=O)N3CCC[C@H]3B(O)O)cc2)CC1. The lowest BCUT2D eigenvalue weighted by Gasteiger charge is -2.33. The van der Waals surface area contributed by atoms with Gasteiger partial charge >= 0.3 is 19.1 Å². The molecule has 2 fully saturated rings. The number of amides is 3. The second kappa shape index (κ2) is 19.3. The van der Waals surface area contributed by atoms with E-state index in [4.69, 9.17) is 0 Å². The molecule has 6 N–H and O–H groups in total. The Bertz CT molecular complexity index is 1290. The van der Waals surface area contributed by atoms with Gasteiger partial charge in [-0.1, -0.05) is 0 Å². The third-order valence-corrected chi connectivity index (χ3v) is 8.54. The molecular formula is C31H48BN7O10. The highest BCUT2D eigenvalue weighted by atomic mass is 16.4. The number of rotatable bonds is 13. The van der Waals surface area contributed by atoms with Gasteiger partial charge in [0.15, 0.2) is 0 Å². The van der Waals surface area contributed by atoms with Crippen molar-refractivity contribution in [2.24, 2.45) is 0 Å². The van der Waals surface area contributed by atoms with Gasteiger partial charge in [0.05, 0.1) is 32.1 Å². The van der Waals surface area contributed by atoms with Gasteiger partial charge in [-0.3, -0.25) is 48.4 Å². The molecule has 2 heterocycles. The van der Waals surface area contributed by atoms with Crippen LogP contribution in [0.4, 0.5) is 5.69 Å². The van der Waals surface area contributed by atoms with Crippen molar-refractivity contribution < 1.29 is 49.0 Å². The summed E-state index contributed by atoms with van der Waals surface area (Å²) in [6.45, 7) is 5.98. The summed E-state index contributed by atoms with van der Waals surface area (Å²) in [5.41, 5.74) is 0.688. The number of nitrogens with zero attached hydrogens (tertiary/aromatic N) is 5. The molecule has 0 bridgehead atoms. The number of carbonyl (C=O) groups excluding carboxylic acids is 4. The van der Waals surface area contributed by atoms with E-state index in [1.165, 1.54) is 30.9 Å². The highest BCUT2D eigenvalue weighted by Crippen LogP contribution is 2.19. The van der Waals surface area contributed by atoms with Gasteiger partial charge in [-0.15, -0.1) is 0 Å². The van der Waals surface area contributed by atoms with Crippen LogP contribution in [0, 0.1) is 0 Å². The highest BCUT2D eigenvalue weighted by Gasteiger charge is 2.38. The Morgan fingerprint density at radius 2 is 1.22 bits per heavy atom. The van der Waals surface area contributed by atoms with Crippen molar-refractivity contribution in [3.05, 3.63) is 29.8 Å². The van der Waals surface area contributed by atoms with Gasteiger partial charge in [0.2, 0.25) is 11.8 Å². The van der Waals surface area contributed by atoms with E-state index in [2.05, 4.69) is 10.6 Å². The van der Waals surface area contributed by atoms with Gasteiger partial charge in [0.1, 0.15) is 11.8 Å². The monoisotopic (exact) mass is 689 g/mol. The molecule has 0 spiro atoms. The number of benzene rings is 1. The van der Waals surface area contributed by atoms with Crippen molar-refractivity contribution in [3.8, 4) is 0 Å². The summed E-state index contributed by atoms with van der Waals surface area (Å²) in [7, 11) is -1.66. The summed E-state index contributed by atoms with van der Waals surface area (Å²) in [4.78, 5) is 82.2. The number of aliphatic carboxylic acids is 2. The standard InChI is InChI=1S/C31H48BN7O10/c1-22(40)18-35-10-12-36(13-15-38(21-29(44)45)17-16-37(14-11-35)20-28(42)43)19-27(41)34-25-7-5-24(6-8-25)30(46)33-23(2)31(47)39-9-3-4-26(39)32(48)49/h5-8,23,26,48-49H,3-4,9-21H2,1-2H3,(H,33,46)(H,34,41)(H,42,43)(H,44,45)/t23-,26+/m1/s1. The first-order chi connectivity index (χ1) is 23.2. The average Bonchev–Trinajstić information content (AvgIpc) is 3.52. The Labute approximate surface area is 285 Å². The number of carboxylic acids is 2. The largest absolute Gasteiger partial charge is 0.480 e. The number of carbonyl (C=O) groups is 6. The summed E-state index contributed by atoms with van der Waals surface area (Å²) < 4.78 is 0. The van der Waals surface area contributed by atoms with Crippen LogP contribution in [0.15, 0.2) is 24.3 Å². The fourth-order valence-electron chi connectivity index (χ4n) is 5.98. The molecule has 18 heteroatoms. The van der Waals surface area contributed by atoms with Crippen LogP contribution in [0.3, 0.4) is 0 Å². The second-order valence-corrected chi connectivity index (χ2v) is 12.6. The molecule has 17 nitrogen and oxygen atoms in total. The number of nitrogens with one attached hydrogen (secondary N) is 2. The van der Waals surface area contributed by atoms with Gasteiger partial charge in [-0.25, -0.2) is 0 Å². The number of hydrogen-bond acceptors (Lipinski definition) is 12. The van der Waals surface area contributed by atoms with Crippen LogP contribution in [0.2, 0.25) is 0 Å². The van der Waals surface area contributed by atoms with Gasteiger partial charge in [-0.2, -0.15) is 0 Å². The first-order valence-electron chi connectivity index (χ1n) is 16.4. The van der Waals surface area contributed by atoms with Gasteiger partial charge < -0.3 is 35.8 Å². The zero-order valence-electron chi connectivity index (χ0n) is 28.1. The van der Waals surface area contributed by atoms with Gasteiger partial charge in [-0.05, 0) is 51.0 Å². The van der Waals surface area contributed by atoms with Crippen LogP contribution < -0.4 is 10.6 Å². The van der Waals surface area contributed by atoms with E-state index in [0.717, 1.165) is 0 Å². The van der Waals surface area contributed by atoms with Gasteiger partial charge in [0, 0.05) is 70.2 Å². The first-order valence-corrected chi connectivity index (χ1v) is 16.4. The molecule has 3 rings (SSSR count). The summed E-state index contributed by atoms with van der Waals surface area (Å²) in [6.07, 6.45) is 1.10. The topological polar surface area (TPSA) is 224 Å². The van der Waals surface area contributed by atoms with E-state index in [9.17, 15) is 49.0 Å². The lowest BCUT2D eigenvalue weighted by atomic mass is 9.78. The average molecular weight is 690 g/mol. The molecule has 270 valence electrons. The second-order valence-electron chi connectivity index (χ2n) is 12.6. The number of ketones is 1. The van der Waals surface area contributed by atoms with Crippen LogP contribution >= 0.6 is 0 Å². The summed E-state index contributed by atoms with van der Waals surface area (Å²) in [5, 5.41) is 43.3. The normalized spacial score (nSPS) is 19.7. The maximum atomic E-state index is 13.1. The maximum Gasteiger partial charge on any atom is 0.475 e. The van der Waals surface area contributed by atoms with E-state index in [0.29, 0.717) is 77.4 Å². The van der Waals surface area contributed by atoms with Crippen molar-refractivity contribution in [2.45, 2.75) is 38.7 Å². The van der Waals surface area contributed by atoms with Crippen LogP contribution in [-0.4, -0.2) is 184 Å². The third-order valence-electron chi connectivity index (χ3n) is 8.54. The highest BCUT2D eigenvalue weighted by molar-refractivity contribution is 6.43. The molecule has 2 aliphatic rings. The molecule has 1 aromatic rings. The number of hydrogen-bond donors (Lipinski definition) is 6. The summed E-state index contributed by atoms with van der Waals surface area (Å²) >= 11 is 0. The molecular weight excluding hydrogens is 641 g/mol. The lowest BCUT2D eigenvalue weighted by molar-refractivity contribution is -0.140. The van der Waals surface area contributed by atoms with E-state index in [1.807, 2.05) is 9.80 Å². The molecule has 0 aromatic heterocycles. The zero-order chi connectivity index (χ0) is 36.1. The van der Waals surface area contributed by atoms with Crippen molar-refractivity contribution in [1.29, 1.82) is 0 Å².